The number of carbonyl (C=O) groups excluding carboxylic acids is 4. The molecule has 0 aliphatic heterocycles. The van der Waals surface area contributed by atoms with Crippen molar-refractivity contribution < 1.29 is 47.9 Å². The van der Waals surface area contributed by atoms with Crippen molar-refractivity contribution in [2.75, 3.05) is 6.26 Å². The number of esters is 1. The SMILES string of the molecule is C=S(C)(=O)/C=C/[C@H](CC(=O)O)NC(=O)[C@@H](CC(=O)[C@H](Cc1ccc2ccccc2n1)NC(=O)[C@H](CC(=O)O)CC(=O)OCc1ccccc1)C(C)C. The van der Waals surface area contributed by atoms with Gasteiger partial charge in [-0.15, -0.1) is 0 Å². The van der Waals surface area contributed by atoms with Crippen molar-refractivity contribution in [1.29, 1.82) is 0 Å². The summed E-state index contributed by atoms with van der Waals surface area (Å²) < 4.78 is 17.4. The highest BCUT2D eigenvalue weighted by molar-refractivity contribution is 8.02. The number of hydrogen-bond donors (Lipinski definition) is 4. The average Bonchev–Trinajstić information content (AvgIpc) is 3.07. The molecule has 1 heterocycles. The van der Waals surface area contributed by atoms with Gasteiger partial charge in [-0.05, 0) is 44.4 Å². The fourth-order valence-electron chi connectivity index (χ4n) is 5.33. The molecule has 4 N–H and O–H groups in total. The molecule has 0 aliphatic carbocycles. The number of aromatic nitrogens is 1. The Morgan fingerprint density at radius 1 is 0.846 bits per heavy atom. The summed E-state index contributed by atoms with van der Waals surface area (Å²) in [6, 6.07) is 17.3. The number of pyridine rings is 1. The van der Waals surface area contributed by atoms with E-state index in [1.165, 1.54) is 17.7 Å². The van der Waals surface area contributed by atoms with Crippen LogP contribution < -0.4 is 10.6 Å². The minimum Gasteiger partial charge on any atom is -0.481 e. The van der Waals surface area contributed by atoms with Gasteiger partial charge in [0.15, 0.2) is 5.78 Å². The second-order valence-electron chi connectivity index (χ2n) is 13.0. The molecule has 0 aliphatic rings. The third-order valence-corrected chi connectivity index (χ3v) is 8.84. The maximum absolute atomic E-state index is 14.0. The Labute approximate surface area is 302 Å². The summed E-state index contributed by atoms with van der Waals surface area (Å²) in [6.07, 6.45) is 0.366. The lowest BCUT2D eigenvalue weighted by molar-refractivity contribution is -0.150. The zero-order valence-corrected chi connectivity index (χ0v) is 30.2. The van der Waals surface area contributed by atoms with Crippen LogP contribution in [0.15, 0.2) is 78.2 Å². The van der Waals surface area contributed by atoms with Gasteiger partial charge in [0.25, 0.3) is 0 Å². The van der Waals surface area contributed by atoms with E-state index in [-0.39, 0.29) is 19.4 Å². The summed E-state index contributed by atoms with van der Waals surface area (Å²) in [5, 5.41) is 26.3. The van der Waals surface area contributed by atoms with Crippen LogP contribution in [0, 0.1) is 17.8 Å². The number of carbonyl (C=O) groups is 6. The Morgan fingerprint density at radius 2 is 1.50 bits per heavy atom. The molecule has 0 saturated carbocycles. The van der Waals surface area contributed by atoms with Gasteiger partial charge in [0.1, 0.15) is 6.61 Å². The zero-order chi connectivity index (χ0) is 38.4. The second kappa shape index (κ2) is 19.3. The molecule has 0 fully saturated rings. The summed E-state index contributed by atoms with van der Waals surface area (Å²) in [5.41, 5.74) is 1.77. The Morgan fingerprint density at radius 3 is 2.13 bits per heavy atom. The van der Waals surface area contributed by atoms with Gasteiger partial charge in [0.05, 0.1) is 42.8 Å². The number of fused-ring (bicyclic) bond motifs is 1. The van der Waals surface area contributed by atoms with Crippen molar-refractivity contribution in [3.05, 3.63) is 89.5 Å². The highest BCUT2D eigenvalue weighted by Crippen LogP contribution is 2.21. The number of Topliss-reactive ketones (excluding diaryl/α,β-unsaturated/α-hetero) is 1. The number of para-hydroxylation sites is 1. The molecule has 278 valence electrons. The normalized spacial score (nSPS) is 14.8. The molecule has 2 aromatic carbocycles. The highest BCUT2D eigenvalue weighted by Gasteiger charge is 2.33. The number of benzene rings is 2. The first-order valence-corrected chi connectivity index (χ1v) is 18.8. The first-order chi connectivity index (χ1) is 24.5. The zero-order valence-electron chi connectivity index (χ0n) is 29.4. The molecule has 0 radical (unpaired) electrons. The molecular formula is C38H45N3O10S. The third-order valence-electron chi connectivity index (χ3n) is 8.11. The molecule has 14 heteroatoms. The Bertz CT molecular complexity index is 1890. The summed E-state index contributed by atoms with van der Waals surface area (Å²) in [7, 11) is -2.64. The maximum Gasteiger partial charge on any atom is 0.306 e. The number of rotatable bonds is 20. The lowest BCUT2D eigenvalue weighted by Gasteiger charge is -2.26. The van der Waals surface area contributed by atoms with E-state index in [0.717, 1.165) is 5.39 Å². The Hall–Kier alpha value is -5.37. The van der Waals surface area contributed by atoms with Crippen molar-refractivity contribution in [3.8, 4) is 0 Å². The van der Waals surface area contributed by atoms with E-state index in [0.29, 0.717) is 16.8 Å². The summed E-state index contributed by atoms with van der Waals surface area (Å²) >= 11 is 0. The minimum absolute atomic E-state index is 0.0791. The number of nitrogens with zero attached hydrogens (tertiary/aromatic N) is 1. The minimum atomic E-state index is -2.64. The Kier molecular flexibility index (Phi) is 15.2. The van der Waals surface area contributed by atoms with Crippen molar-refractivity contribution in [2.45, 2.75) is 64.6 Å². The molecule has 0 saturated heterocycles. The van der Waals surface area contributed by atoms with Crippen LogP contribution in [0.1, 0.15) is 50.8 Å². The summed E-state index contributed by atoms with van der Waals surface area (Å²) in [4.78, 5) is 81.7. The largest absolute Gasteiger partial charge is 0.481 e. The molecule has 3 rings (SSSR count). The number of nitrogens with one attached hydrogen (secondary N) is 2. The van der Waals surface area contributed by atoms with Gasteiger partial charge in [-0.1, -0.05) is 74.5 Å². The maximum atomic E-state index is 14.0. The van der Waals surface area contributed by atoms with E-state index in [9.17, 15) is 43.2 Å². The molecule has 0 spiro atoms. The van der Waals surface area contributed by atoms with Gasteiger partial charge < -0.3 is 25.6 Å². The Balaban J connectivity index is 1.87. The fourth-order valence-corrected chi connectivity index (χ4v) is 5.85. The van der Waals surface area contributed by atoms with Crippen LogP contribution in [0.5, 0.6) is 0 Å². The van der Waals surface area contributed by atoms with E-state index in [1.807, 2.05) is 12.1 Å². The van der Waals surface area contributed by atoms with Crippen LogP contribution in [0.2, 0.25) is 0 Å². The first kappa shape index (κ1) is 41.1. The number of aliphatic carboxylic acids is 2. The van der Waals surface area contributed by atoms with E-state index in [1.54, 1.807) is 68.4 Å². The standard InChI is InChI=1S/C38H45N3O10S/c1-24(2)30(38(49)40-29(21-35(45)46)16-17-52(3,4)50)22-33(42)32(20-28-15-14-26-12-8-9-13-31(26)39-28)41-37(48)27(18-34(43)44)19-36(47)51-23-25-10-6-5-7-11-25/h5-17,24,27,29-30,32H,3,18-23H2,1-2,4H3,(H,40,49)(H,41,48)(H,43,44)(H,45,46)/b17-16+/t27-,29-,30+,32+,52?/m1/s1. The second-order valence-corrected chi connectivity index (χ2v) is 15.5. The van der Waals surface area contributed by atoms with Gasteiger partial charge in [-0.2, -0.15) is 0 Å². The molecule has 0 bridgehead atoms. The fraction of sp³-hybridized carbons (Fsp3) is 0.368. The summed E-state index contributed by atoms with van der Waals surface area (Å²) in [5.74, 6) is -4.71. The molecule has 2 amide bonds. The van der Waals surface area contributed by atoms with E-state index in [2.05, 4.69) is 21.5 Å². The number of ketones is 1. The van der Waals surface area contributed by atoms with E-state index in [4.69, 9.17) is 4.74 Å². The van der Waals surface area contributed by atoms with Crippen LogP contribution in [0.4, 0.5) is 0 Å². The van der Waals surface area contributed by atoms with Crippen molar-refractivity contribution in [3.63, 3.8) is 0 Å². The molecule has 5 atom stereocenters. The van der Waals surface area contributed by atoms with Gasteiger partial charge in [-0.25, -0.2) is 0 Å². The number of amides is 2. The number of carboxylic acid groups (broad SMARTS) is 2. The molecule has 52 heavy (non-hydrogen) atoms. The topological polar surface area (TPSA) is 206 Å². The van der Waals surface area contributed by atoms with Crippen LogP contribution in [0.3, 0.4) is 0 Å². The van der Waals surface area contributed by atoms with Gasteiger partial charge in [0, 0.05) is 36.1 Å². The number of ether oxygens (including phenoxy) is 1. The smallest absolute Gasteiger partial charge is 0.306 e. The van der Waals surface area contributed by atoms with Crippen molar-refractivity contribution in [1.82, 2.24) is 15.6 Å². The van der Waals surface area contributed by atoms with Crippen LogP contribution in [0.25, 0.3) is 10.9 Å². The van der Waals surface area contributed by atoms with Gasteiger partial charge in [-0.3, -0.25) is 38.0 Å². The quantitative estimate of drug-likeness (QED) is 0.0976. The molecule has 1 unspecified atom stereocenters. The first-order valence-electron chi connectivity index (χ1n) is 16.6. The van der Waals surface area contributed by atoms with Crippen molar-refractivity contribution >= 4 is 61.8 Å². The third kappa shape index (κ3) is 14.1. The van der Waals surface area contributed by atoms with Gasteiger partial charge >= 0.3 is 17.9 Å². The monoisotopic (exact) mass is 735 g/mol. The van der Waals surface area contributed by atoms with Crippen LogP contribution >= 0.6 is 0 Å². The van der Waals surface area contributed by atoms with Crippen molar-refractivity contribution in [2.24, 2.45) is 17.8 Å². The van der Waals surface area contributed by atoms with Gasteiger partial charge in [0.2, 0.25) is 11.8 Å². The predicted octanol–water partition coefficient (Wildman–Crippen LogP) is 3.54. The molecular weight excluding hydrogens is 690 g/mol. The van der Waals surface area contributed by atoms with Crippen LogP contribution in [-0.2, 0) is 56.1 Å². The summed E-state index contributed by atoms with van der Waals surface area (Å²) in [6.45, 7) is 3.33. The average molecular weight is 736 g/mol. The van der Waals surface area contributed by atoms with E-state index >= 15 is 0 Å². The highest BCUT2D eigenvalue weighted by atomic mass is 32.2. The molecule has 1 aromatic heterocycles. The van der Waals surface area contributed by atoms with E-state index < -0.39 is 94.1 Å². The lowest BCUT2D eigenvalue weighted by Crippen LogP contribution is -2.48. The number of hydrogen-bond acceptors (Lipinski definition) is 9. The van der Waals surface area contributed by atoms with Crippen LogP contribution in [-0.4, -0.2) is 79.1 Å². The molecule has 13 nitrogen and oxygen atoms in total. The lowest BCUT2D eigenvalue weighted by atomic mass is 9.86. The number of carboxylic acids is 2. The molecule has 3 aromatic rings. The predicted molar refractivity (Wildman–Crippen MR) is 196 cm³/mol.